The van der Waals surface area contributed by atoms with Crippen molar-refractivity contribution in [2.45, 2.75) is 32.7 Å². The summed E-state index contributed by atoms with van der Waals surface area (Å²) in [6.07, 6.45) is 0.901. The third kappa shape index (κ3) is 5.03. The van der Waals surface area contributed by atoms with Crippen molar-refractivity contribution in [1.82, 2.24) is 5.32 Å². The lowest BCUT2D eigenvalue weighted by molar-refractivity contribution is -0.117. The van der Waals surface area contributed by atoms with Crippen LogP contribution in [0.1, 0.15) is 25.3 Å². The fraction of sp³-hybridized carbons (Fsp3) is 0.500. The second kappa shape index (κ2) is 8.19. The molecule has 1 heterocycles. The Morgan fingerprint density at radius 1 is 1.32 bits per heavy atom. The van der Waals surface area contributed by atoms with Gasteiger partial charge in [-0.05, 0) is 24.6 Å². The zero-order chi connectivity index (χ0) is 15.9. The Balaban J connectivity index is 1.96. The molecule has 22 heavy (non-hydrogen) atoms. The highest BCUT2D eigenvalue weighted by molar-refractivity contribution is 7.99. The summed E-state index contributed by atoms with van der Waals surface area (Å²) in [4.78, 5) is 23.6. The van der Waals surface area contributed by atoms with Gasteiger partial charge in [0.25, 0.3) is 0 Å². The van der Waals surface area contributed by atoms with Crippen molar-refractivity contribution < 1.29 is 9.59 Å². The molecule has 1 aromatic carbocycles. The largest absolute Gasteiger partial charge is 0.326 e. The Bertz CT molecular complexity index is 542. The molecule has 1 unspecified atom stereocenters. The van der Waals surface area contributed by atoms with Crippen LogP contribution < -0.4 is 16.0 Å². The molecular formula is C16H23N3O2S. The van der Waals surface area contributed by atoms with Crippen molar-refractivity contribution in [3.8, 4) is 0 Å². The molecular weight excluding hydrogens is 298 g/mol. The first-order valence-electron chi connectivity index (χ1n) is 7.60. The molecule has 3 N–H and O–H groups in total. The third-order valence-electron chi connectivity index (χ3n) is 3.55. The Hall–Kier alpha value is -1.53. The summed E-state index contributed by atoms with van der Waals surface area (Å²) in [5.41, 5.74) is 2.44. The molecule has 0 spiro atoms. The summed E-state index contributed by atoms with van der Waals surface area (Å²) >= 11 is 1.88. The van der Waals surface area contributed by atoms with Crippen LogP contribution in [0.2, 0.25) is 0 Å². The smallest absolute Gasteiger partial charge is 0.225 e. The van der Waals surface area contributed by atoms with Crippen molar-refractivity contribution in [2.24, 2.45) is 0 Å². The predicted octanol–water partition coefficient (Wildman–Crippen LogP) is 2.38. The van der Waals surface area contributed by atoms with E-state index < -0.39 is 0 Å². The molecule has 1 aliphatic rings. The zero-order valence-corrected chi connectivity index (χ0v) is 13.9. The van der Waals surface area contributed by atoms with Crippen molar-refractivity contribution in [3.05, 3.63) is 23.8 Å². The Kier molecular flexibility index (Phi) is 6.27. The maximum Gasteiger partial charge on any atom is 0.225 e. The molecule has 1 aliphatic heterocycles. The lowest BCUT2D eigenvalue weighted by Crippen LogP contribution is -2.39. The lowest BCUT2D eigenvalue weighted by atomic mass is 10.1. The number of hydrogen-bond donors (Lipinski definition) is 3. The zero-order valence-electron chi connectivity index (χ0n) is 13.1. The van der Waals surface area contributed by atoms with Crippen LogP contribution >= 0.6 is 11.8 Å². The van der Waals surface area contributed by atoms with E-state index in [2.05, 4.69) is 16.0 Å². The minimum atomic E-state index is -0.0374. The summed E-state index contributed by atoms with van der Waals surface area (Å²) in [5, 5.41) is 9.11. The van der Waals surface area contributed by atoms with Crippen LogP contribution in [0.15, 0.2) is 18.2 Å². The van der Waals surface area contributed by atoms with E-state index in [9.17, 15) is 9.59 Å². The Morgan fingerprint density at radius 3 is 2.82 bits per heavy atom. The number of aryl methyl sites for hydroxylation is 1. The van der Waals surface area contributed by atoms with Crippen LogP contribution in [-0.4, -0.2) is 35.9 Å². The van der Waals surface area contributed by atoms with Crippen LogP contribution in [0.4, 0.5) is 11.4 Å². The molecule has 6 heteroatoms. The van der Waals surface area contributed by atoms with Crippen LogP contribution in [0.25, 0.3) is 0 Å². The molecule has 0 saturated carbocycles. The highest BCUT2D eigenvalue weighted by Crippen LogP contribution is 2.21. The van der Waals surface area contributed by atoms with E-state index in [4.69, 9.17) is 0 Å². The van der Waals surface area contributed by atoms with Crippen LogP contribution in [0.5, 0.6) is 0 Å². The van der Waals surface area contributed by atoms with Gasteiger partial charge in [-0.25, -0.2) is 0 Å². The van der Waals surface area contributed by atoms with E-state index in [-0.39, 0.29) is 17.9 Å². The summed E-state index contributed by atoms with van der Waals surface area (Å²) in [7, 11) is 0. The molecule has 1 saturated heterocycles. The highest BCUT2D eigenvalue weighted by Gasteiger charge is 2.17. The maximum atomic E-state index is 12.2. The number of thioether (sulfide) groups is 1. The van der Waals surface area contributed by atoms with Gasteiger partial charge in [-0.15, -0.1) is 0 Å². The average Bonchev–Trinajstić information content (AvgIpc) is 2.51. The first-order valence-corrected chi connectivity index (χ1v) is 8.75. The van der Waals surface area contributed by atoms with E-state index >= 15 is 0 Å². The van der Waals surface area contributed by atoms with Crippen LogP contribution in [0, 0.1) is 6.92 Å². The van der Waals surface area contributed by atoms with Crippen molar-refractivity contribution in [1.29, 1.82) is 0 Å². The summed E-state index contributed by atoms with van der Waals surface area (Å²) in [6, 6.07) is 5.79. The monoisotopic (exact) mass is 321 g/mol. The first-order chi connectivity index (χ1) is 10.6. The van der Waals surface area contributed by atoms with Crippen LogP contribution in [-0.2, 0) is 9.59 Å². The van der Waals surface area contributed by atoms with Gasteiger partial charge in [0.15, 0.2) is 0 Å². The average molecular weight is 321 g/mol. The minimum Gasteiger partial charge on any atom is -0.326 e. The molecule has 0 aromatic heterocycles. The maximum absolute atomic E-state index is 12.2. The lowest BCUT2D eigenvalue weighted by Gasteiger charge is -2.22. The predicted molar refractivity (Wildman–Crippen MR) is 92.5 cm³/mol. The summed E-state index contributed by atoms with van der Waals surface area (Å²) in [6.45, 7) is 4.71. The van der Waals surface area contributed by atoms with Gasteiger partial charge in [-0.1, -0.05) is 13.0 Å². The summed E-state index contributed by atoms with van der Waals surface area (Å²) in [5.74, 6) is 2.04. The third-order valence-corrected chi connectivity index (χ3v) is 4.68. The van der Waals surface area contributed by atoms with Crippen molar-refractivity contribution >= 4 is 35.0 Å². The van der Waals surface area contributed by atoms with Crippen molar-refractivity contribution in [3.63, 3.8) is 0 Å². The number of benzene rings is 1. The van der Waals surface area contributed by atoms with E-state index in [1.54, 1.807) is 6.92 Å². The summed E-state index contributed by atoms with van der Waals surface area (Å²) < 4.78 is 0. The molecule has 1 atom stereocenters. The molecule has 1 fully saturated rings. The second-order valence-corrected chi connectivity index (χ2v) is 6.56. The quantitative estimate of drug-likeness (QED) is 0.779. The van der Waals surface area contributed by atoms with E-state index in [1.807, 2.05) is 36.9 Å². The number of rotatable bonds is 5. The van der Waals surface area contributed by atoms with Crippen molar-refractivity contribution in [2.75, 3.05) is 28.7 Å². The minimum absolute atomic E-state index is 0.00191. The standard InChI is InChI=1S/C16H23N3O2S/c1-3-15(20)18-12-5-4-11(2)14(8-12)19-16(21)9-13-10-22-7-6-17-13/h4-5,8,13,17H,3,6-7,9-10H2,1-2H3,(H,18,20)(H,19,21). The topological polar surface area (TPSA) is 70.2 Å². The number of nitrogens with one attached hydrogen (secondary N) is 3. The Morgan fingerprint density at radius 2 is 2.14 bits per heavy atom. The number of hydrogen-bond acceptors (Lipinski definition) is 4. The van der Waals surface area contributed by atoms with E-state index in [0.29, 0.717) is 18.5 Å². The molecule has 0 radical (unpaired) electrons. The number of amides is 2. The van der Waals surface area contributed by atoms with E-state index in [1.165, 1.54) is 0 Å². The molecule has 5 nitrogen and oxygen atoms in total. The molecule has 2 amide bonds. The molecule has 1 aromatic rings. The fourth-order valence-electron chi connectivity index (χ4n) is 2.26. The first kappa shape index (κ1) is 16.8. The SMILES string of the molecule is CCC(=O)Nc1ccc(C)c(NC(=O)CC2CSCCN2)c1. The molecule has 2 rings (SSSR count). The van der Waals surface area contributed by atoms with Gasteiger partial charge < -0.3 is 16.0 Å². The van der Waals surface area contributed by atoms with Gasteiger partial charge >= 0.3 is 0 Å². The Labute approximate surface area is 135 Å². The van der Waals surface area contributed by atoms with E-state index in [0.717, 1.165) is 29.3 Å². The van der Waals surface area contributed by atoms with Gasteiger partial charge in [0.05, 0.1) is 0 Å². The second-order valence-electron chi connectivity index (χ2n) is 5.41. The molecule has 0 aliphatic carbocycles. The van der Waals surface area contributed by atoms with Gasteiger partial charge in [0.2, 0.25) is 11.8 Å². The van der Waals surface area contributed by atoms with Gasteiger partial charge in [-0.3, -0.25) is 9.59 Å². The number of anilines is 2. The van der Waals surface area contributed by atoms with Crippen LogP contribution in [0.3, 0.4) is 0 Å². The van der Waals surface area contributed by atoms with Gasteiger partial charge in [0.1, 0.15) is 0 Å². The van der Waals surface area contributed by atoms with Gasteiger partial charge in [0, 0.05) is 48.3 Å². The number of carbonyl (C=O) groups is 2. The highest BCUT2D eigenvalue weighted by atomic mass is 32.2. The fourth-order valence-corrected chi connectivity index (χ4v) is 3.21. The molecule has 120 valence electrons. The number of carbonyl (C=O) groups excluding carboxylic acids is 2. The molecule has 0 bridgehead atoms. The normalized spacial score (nSPS) is 17.8. The van der Waals surface area contributed by atoms with Gasteiger partial charge in [-0.2, -0.15) is 11.8 Å².